The van der Waals surface area contributed by atoms with E-state index in [1.165, 1.54) is 18.2 Å². The molecular weight excluding hydrogens is 368 g/mol. The monoisotopic (exact) mass is 386 g/mol. The van der Waals surface area contributed by atoms with Gasteiger partial charge in [-0.25, -0.2) is 0 Å². The van der Waals surface area contributed by atoms with Crippen LogP contribution < -0.4 is 4.74 Å². The Labute approximate surface area is 148 Å². The van der Waals surface area contributed by atoms with Gasteiger partial charge in [-0.3, -0.25) is 14.9 Å². The molecule has 0 aliphatic heterocycles. The third kappa shape index (κ3) is 3.59. The number of hydrogen-bond acceptors (Lipinski definition) is 5. The van der Waals surface area contributed by atoms with Crippen LogP contribution in [0.4, 0.5) is 5.69 Å². The van der Waals surface area contributed by atoms with Gasteiger partial charge in [0.25, 0.3) is 5.91 Å². The van der Waals surface area contributed by atoms with E-state index in [9.17, 15) is 20.0 Å². The number of aromatic hydroxyl groups is 1. The molecule has 0 saturated carbocycles. The second kappa shape index (κ2) is 6.66. The summed E-state index contributed by atoms with van der Waals surface area (Å²) in [5.74, 6) is -2.48. The first-order chi connectivity index (χ1) is 13.2. The Hall–Kier alpha value is -2.61. The van der Waals surface area contributed by atoms with Crippen molar-refractivity contribution in [3.8, 4) is 17.2 Å². The summed E-state index contributed by atoms with van der Waals surface area (Å²) in [6, 6.07) is 7.00. The third-order valence-corrected chi connectivity index (χ3v) is 3.40. The van der Waals surface area contributed by atoms with Crippen LogP contribution in [-0.2, 0) is 0 Å². The first-order valence-corrected chi connectivity index (χ1v) is 6.81. The van der Waals surface area contributed by atoms with Gasteiger partial charge in [0.15, 0.2) is 0 Å². The number of ether oxygens (including phenoxy) is 1. The van der Waals surface area contributed by atoms with E-state index < -0.39 is 41.8 Å². The summed E-state index contributed by atoms with van der Waals surface area (Å²) in [5, 5.41) is 20.9. The number of nitro groups is 1. The number of halogens is 1. The Bertz CT molecular complexity index is 949. The number of nitrogens with zero attached hydrogens (tertiary/aromatic N) is 2. The average molecular weight is 387 g/mol. The zero-order valence-corrected chi connectivity index (χ0v) is 12.9. The molecule has 2 aromatic rings. The standard InChI is InChI=1S/C15H13BrN2O5/c1-17(2)15(20)9-5-3-4-6-13(9)23-14-7-10(16)12(19)8-11(14)18(21)22/h3-8,19H,1-2H3/i1D3,2D3. The molecule has 120 valence electrons. The topological polar surface area (TPSA) is 92.9 Å². The Balaban J connectivity index is 2.57. The number of phenols is 1. The number of carbonyl (C=O) groups is 1. The van der Waals surface area contributed by atoms with Gasteiger partial charge < -0.3 is 14.7 Å². The van der Waals surface area contributed by atoms with Gasteiger partial charge in [-0.2, -0.15) is 0 Å². The molecule has 0 spiro atoms. The van der Waals surface area contributed by atoms with Crippen LogP contribution in [0.15, 0.2) is 40.9 Å². The average Bonchev–Trinajstić information content (AvgIpc) is 2.55. The van der Waals surface area contributed by atoms with Crippen LogP contribution in [0.1, 0.15) is 18.6 Å². The number of benzene rings is 2. The Morgan fingerprint density at radius 1 is 1.35 bits per heavy atom. The van der Waals surface area contributed by atoms with Crippen molar-refractivity contribution in [3.63, 3.8) is 0 Å². The molecule has 0 fully saturated rings. The van der Waals surface area contributed by atoms with Gasteiger partial charge in [0.05, 0.1) is 21.0 Å². The fourth-order valence-corrected chi connectivity index (χ4v) is 2.05. The number of carbonyl (C=O) groups excluding carboxylic acids is 1. The minimum Gasteiger partial charge on any atom is -0.507 e. The van der Waals surface area contributed by atoms with Gasteiger partial charge in [-0.05, 0) is 28.1 Å². The molecule has 0 radical (unpaired) electrons. The second-order valence-electron chi connectivity index (χ2n) is 4.27. The molecule has 0 bridgehead atoms. The van der Waals surface area contributed by atoms with Crippen molar-refractivity contribution in [1.82, 2.24) is 4.90 Å². The van der Waals surface area contributed by atoms with Gasteiger partial charge in [0.1, 0.15) is 11.5 Å². The Kier molecular flexibility index (Phi) is 2.96. The molecule has 0 aromatic heterocycles. The third-order valence-electron chi connectivity index (χ3n) is 2.77. The van der Waals surface area contributed by atoms with Gasteiger partial charge in [-0.1, -0.05) is 12.1 Å². The molecule has 2 rings (SSSR count). The molecule has 0 aliphatic rings. The lowest BCUT2D eigenvalue weighted by atomic mass is 10.2. The van der Waals surface area contributed by atoms with E-state index in [0.29, 0.717) is 0 Å². The van der Waals surface area contributed by atoms with E-state index in [2.05, 4.69) is 15.9 Å². The maximum atomic E-state index is 12.7. The normalized spacial score (nSPS) is 15.2. The number of rotatable bonds is 4. The van der Waals surface area contributed by atoms with Gasteiger partial charge in [0, 0.05) is 28.2 Å². The molecule has 0 heterocycles. The van der Waals surface area contributed by atoms with Crippen molar-refractivity contribution >= 4 is 27.5 Å². The van der Waals surface area contributed by atoms with Crippen LogP contribution >= 0.6 is 15.9 Å². The molecule has 0 aliphatic carbocycles. The summed E-state index contributed by atoms with van der Waals surface area (Å²) >= 11 is 2.99. The summed E-state index contributed by atoms with van der Waals surface area (Å²) in [4.78, 5) is 22.9. The maximum absolute atomic E-state index is 12.7. The molecule has 0 saturated heterocycles. The van der Waals surface area contributed by atoms with Gasteiger partial charge >= 0.3 is 5.69 Å². The van der Waals surface area contributed by atoms with Crippen molar-refractivity contribution in [2.75, 3.05) is 14.0 Å². The van der Waals surface area contributed by atoms with Crippen molar-refractivity contribution < 1.29 is 27.8 Å². The summed E-state index contributed by atoms with van der Waals surface area (Å²) in [6.45, 7) is -6.55. The molecule has 8 heteroatoms. The van der Waals surface area contributed by atoms with Crippen LogP contribution in [0.25, 0.3) is 0 Å². The minimum atomic E-state index is -3.27. The zero-order chi connectivity index (χ0) is 22.1. The second-order valence-corrected chi connectivity index (χ2v) is 5.12. The first-order valence-electron chi connectivity index (χ1n) is 9.02. The highest BCUT2D eigenvalue weighted by Crippen LogP contribution is 2.39. The highest BCUT2D eigenvalue weighted by Gasteiger charge is 2.22. The van der Waals surface area contributed by atoms with Crippen LogP contribution in [0.3, 0.4) is 0 Å². The van der Waals surface area contributed by atoms with Crippen LogP contribution in [0.2, 0.25) is 0 Å². The number of hydrogen-bond donors (Lipinski definition) is 1. The highest BCUT2D eigenvalue weighted by molar-refractivity contribution is 9.10. The Morgan fingerprint density at radius 3 is 2.70 bits per heavy atom. The molecule has 1 amide bonds. The van der Waals surface area contributed by atoms with Crippen molar-refractivity contribution in [3.05, 3.63) is 56.5 Å². The maximum Gasteiger partial charge on any atom is 0.315 e. The summed E-state index contributed by atoms with van der Waals surface area (Å²) in [7, 11) is 0. The van der Waals surface area contributed by atoms with Crippen LogP contribution in [0.5, 0.6) is 17.2 Å². The van der Waals surface area contributed by atoms with E-state index in [-0.39, 0.29) is 20.9 Å². The molecule has 2 aromatic carbocycles. The SMILES string of the molecule is [2H]C([2H])([2H])N(C(=O)c1ccccc1Oc1cc(Br)c(O)cc1[N+](=O)[O-])C([2H])([2H])[2H]. The lowest BCUT2D eigenvalue weighted by Gasteiger charge is -2.14. The summed E-state index contributed by atoms with van der Waals surface area (Å²) in [5.41, 5.74) is -1.06. The summed E-state index contributed by atoms with van der Waals surface area (Å²) < 4.78 is 49.7. The highest BCUT2D eigenvalue weighted by atomic mass is 79.9. The van der Waals surface area contributed by atoms with Gasteiger partial charge in [0.2, 0.25) is 5.75 Å². The van der Waals surface area contributed by atoms with E-state index >= 15 is 0 Å². The molecule has 7 nitrogen and oxygen atoms in total. The number of para-hydroxylation sites is 1. The van der Waals surface area contributed by atoms with Crippen LogP contribution in [-0.4, -0.2) is 34.8 Å². The predicted molar refractivity (Wildman–Crippen MR) is 87.0 cm³/mol. The largest absolute Gasteiger partial charge is 0.507 e. The predicted octanol–water partition coefficient (Wildman–Crippen LogP) is 3.56. The minimum absolute atomic E-state index is 0.0634. The number of phenolic OH excluding ortho intramolecular Hbond substituents is 1. The first kappa shape index (κ1) is 10.2. The number of nitro benzene ring substituents is 1. The Morgan fingerprint density at radius 2 is 2.04 bits per heavy atom. The molecule has 23 heavy (non-hydrogen) atoms. The van der Waals surface area contributed by atoms with Crippen molar-refractivity contribution in [1.29, 1.82) is 0 Å². The van der Waals surface area contributed by atoms with Crippen molar-refractivity contribution in [2.45, 2.75) is 0 Å². The van der Waals surface area contributed by atoms with E-state index in [4.69, 9.17) is 13.0 Å². The summed E-state index contributed by atoms with van der Waals surface area (Å²) in [6.07, 6.45) is 0. The van der Waals surface area contributed by atoms with Crippen molar-refractivity contribution in [2.24, 2.45) is 0 Å². The number of amides is 1. The van der Waals surface area contributed by atoms with E-state index in [1.54, 1.807) is 0 Å². The van der Waals surface area contributed by atoms with E-state index in [0.717, 1.165) is 18.2 Å². The lowest BCUT2D eigenvalue weighted by molar-refractivity contribution is -0.385. The molecule has 1 N–H and O–H groups in total. The fourth-order valence-electron chi connectivity index (χ4n) is 1.73. The molecular formula is C15H13BrN2O5. The lowest BCUT2D eigenvalue weighted by Crippen LogP contribution is -2.22. The smallest absolute Gasteiger partial charge is 0.315 e. The van der Waals surface area contributed by atoms with E-state index in [1.807, 2.05) is 0 Å². The quantitative estimate of drug-likeness (QED) is 0.640. The van der Waals surface area contributed by atoms with Gasteiger partial charge in [-0.15, -0.1) is 0 Å². The zero-order valence-electron chi connectivity index (χ0n) is 17.3. The fraction of sp³-hybridized carbons (Fsp3) is 0.133. The molecule has 0 atom stereocenters. The van der Waals surface area contributed by atoms with Crippen LogP contribution in [0, 0.1) is 10.1 Å². The molecule has 0 unspecified atom stereocenters.